The predicted octanol–water partition coefficient (Wildman–Crippen LogP) is 4.40. The highest BCUT2D eigenvalue weighted by Crippen LogP contribution is 2.28. The van der Waals surface area contributed by atoms with Gasteiger partial charge in [-0.1, -0.05) is 59.6 Å². The van der Waals surface area contributed by atoms with Crippen LogP contribution in [0.4, 0.5) is 0 Å². The van der Waals surface area contributed by atoms with E-state index in [-0.39, 0.29) is 21.5 Å². The van der Waals surface area contributed by atoms with E-state index in [0.717, 1.165) is 9.18 Å². The number of hydrazone groups is 1. The normalized spacial score (nSPS) is 11.8. The van der Waals surface area contributed by atoms with Gasteiger partial charge in [-0.2, -0.15) is 9.41 Å². The monoisotopic (exact) mass is 481 g/mol. The maximum absolute atomic E-state index is 13.3. The molecule has 0 aliphatic rings. The Morgan fingerprint density at radius 3 is 2.57 bits per heavy atom. The van der Waals surface area contributed by atoms with Crippen LogP contribution in [0.3, 0.4) is 0 Å². The topological polar surface area (TPSA) is 78.8 Å². The van der Waals surface area contributed by atoms with E-state index in [9.17, 15) is 13.2 Å². The summed E-state index contributed by atoms with van der Waals surface area (Å²) in [5.74, 6) is -0.583. The van der Waals surface area contributed by atoms with Gasteiger partial charge in [0.05, 0.1) is 17.8 Å². The van der Waals surface area contributed by atoms with Crippen LogP contribution in [0.1, 0.15) is 10.4 Å². The Morgan fingerprint density at radius 1 is 1.10 bits per heavy atom. The molecule has 0 aliphatic carbocycles. The third-order valence-corrected chi connectivity index (χ3v) is 7.27. The molecule has 0 aliphatic heterocycles. The molecule has 1 heterocycles. The van der Waals surface area contributed by atoms with Gasteiger partial charge in [-0.15, -0.1) is 11.3 Å². The third-order valence-electron chi connectivity index (χ3n) is 3.96. The van der Waals surface area contributed by atoms with E-state index in [1.54, 1.807) is 24.3 Å². The first kappa shape index (κ1) is 22.5. The van der Waals surface area contributed by atoms with Gasteiger partial charge in [-0.25, -0.2) is 13.8 Å². The Balaban J connectivity index is 1.84. The van der Waals surface area contributed by atoms with Crippen LogP contribution in [0.25, 0.3) is 0 Å². The molecule has 0 atom stereocenters. The molecule has 0 bridgehead atoms. The molecule has 1 amide bonds. The summed E-state index contributed by atoms with van der Waals surface area (Å²) in [6, 6.07) is 16.8. The highest BCUT2D eigenvalue weighted by molar-refractivity contribution is 7.89. The van der Waals surface area contributed by atoms with Crippen LogP contribution in [0.15, 0.2) is 76.0 Å². The molecule has 10 heteroatoms. The molecule has 0 spiro atoms. The summed E-state index contributed by atoms with van der Waals surface area (Å²) in [5.41, 5.74) is 3.08. The zero-order valence-corrected chi connectivity index (χ0v) is 18.7. The number of halogens is 2. The molecule has 156 valence electrons. The minimum absolute atomic E-state index is 0.0198. The number of carbonyl (C=O) groups excluding carboxylic acids is 1. The molecule has 0 unspecified atom stereocenters. The number of nitrogens with one attached hydrogen (secondary N) is 1. The lowest BCUT2D eigenvalue weighted by Crippen LogP contribution is -2.39. The smallest absolute Gasteiger partial charge is 0.255 e. The largest absolute Gasteiger partial charge is 0.272 e. The molecule has 2 aromatic carbocycles. The van der Waals surface area contributed by atoms with Crippen molar-refractivity contribution in [3.05, 3.63) is 86.5 Å². The number of benzene rings is 2. The number of hydrogen-bond donors (Lipinski definition) is 1. The van der Waals surface area contributed by atoms with Crippen LogP contribution < -0.4 is 5.43 Å². The van der Waals surface area contributed by atoms with E-state index in [4.69, 9.17) is 23.2 Å². The SMILES string of the molecule is O=C(CN(Cc1ccccc1)S(=O)(=O)c1cc(Cl)ccc1Cl)NN=Cc1cccs1. The minimum Gasteiger partial charge on any atom is -0.272 e. The quantitative estimate of drug-likeness (QED) is 0.382. The van der Waals surface area contributed by atoms with Crippen molar-refractivity contribution >= 4 is 56.7 Å². The van der Waals surface area contributed by atoms with Crippen LogP contribution in [-0.4, -0.2) is 31.4 Å². The van der Waals surface area contributed by atoms with Crippen molar-refractivity contribution in [3.63, 3.8) is 0 Å². The molecule has 0 fully saturated rings. The molecule has 3 aromatic rings. The van der Waals surface area contributed by atoms with Crippen molar-refractivity contribution < 1.29 is 13.2 Å². The van der Waals surface area contributed by atoms with Crippen molar-refractivity contribution in [3.8, 4) is 0 Å². The summed E-state index contributed by atoms with van der Waals surface area (Å²) in [5, 5.41) is 6.01. The van der Waals surface area contributed by atoms with Crippen LogP contribution in [0.2, 0.25) is 10.0 Å². The van der Waals surface area contributed by atoms with E-state index in [1.807, 2.05) is 23.6 Å². The number of sulfonamides is 1. The molecule has 1 aromatic heterocycles. The zero-order chi connectivity index (χ0) is 21.6. The van der Waals surface area contributed by atoms with Crippen molar-refractivity contribution in [1.29, 1.82) is 0 Å². The lowest BCUT2D eigenvalue weighted by molar-refractivity contribution is -0.121. The second-order valence-corrected chi connectivity index (χ2v) is 9.87. The van der Waals surface area contributed by atoms with E-state index in [0.29, 0.717) is 5.56 Å². The summed E-state index contributed by atoms with van der Waals surface area (Å²) < 4.78 is 27.6. The van der Waals surface area contributed by atoms with Crippen molar-refractivity contribution in [2.45, 2.75) is 11.4 Å². The molecular weight excluding hydrogens is 465 g/mol. The first-order valence-corrected chi connectivity index (χ1v) is 11.8. The number of rotatable bonds is 8. The average molecular weight is 482 g/mol. The maximum atomic E-state index is 13.3. The Bertz CT molecular complexity index is 1140. The predicted molar refractivity (Wildman–Crippen MR) is 121 cm³/mol. The van der Waals surface area contributed by atoms with Crippen molar-refractivity contribution in [1.82, 2.24) is 9.73 Å². The molecule has 30 heavy (non-hydrogen) atoms. The van der Waals surface area contributed by atoms with Crippen LogP contribution in [-0.2, 0) is 21.4 Å². The molecule has 0 saturated carbocycles. The Hall–Kier alpha value is -2.23. The highest BCUT2D eigenvalue weighted by Gasteiger charge is 2.29. The van der Waals surface area contributed by atoms with Crippen molar-refractivity contribution in [2.75, 3.05) is 6.54 Å². The van der Waals surface area contributed by atoms with E-state index in [2.05, 4.69) is 10.5 Å². The third kappa shape index (κ3) is 5.90. The van der Waals surface area contributed by atoms with Gasteiger partial charge in [0.25, 0.3) is 5.91 Å². The fraction of sp³-hybridized carbons (Fsp3) is 0.100. The average Bonchev–Trinajstić information content (AvgIpc) is 3.23. The lowest BCUT2D eigenvalue weighted by Gasteiger charge is -2.22. The Kier molecular flexibility index (Phi) is 7.63. The number of carbonyl (C=O) groups is 1. The van der Waals surface area contributed by atoms with Gasteiger partial charge in [0.1, 0.15) is 4.90 Å². The van der Waals surface area contributed by atoms with Crippen LogP contribution >= 0.6 is 34.5 Å². The summed E-state index contributed by atoms with van der Waals surface area (Å²) in [6.07, 6.45) is 1.49. The van der Waals surface area contributed by atoms with Gasteiger partial charge in [0, 0.05) is 16.4 Å². The first-order valence-electron chi connectivity index (χ1n) is 8.71. The van der Waals surface area contributed by atoms with Gasteiger partial charge in [0.15, 0.2) is 0 Å². The molecule has 0 saturated heterocycles. The Morgan fingerprint density at radius 2 is 1.87 bits per heavy atom. The fourth-order valence-electron chi connectivity index (χ4n) is 2.56. The number of nitrogens with zero attached hydrogens (tertiary/aromatic N) is 2. The standard InChI is InChI=1S/C20H17Cl2N3O3S2/c21-16-8-9-18(22)19(11-16)30(27,28)25(13-15-5-2-1-3-6-15)14-20(26)24-23-12-17-7-4-10-29-17/h1-12H,13-14H2,(H,24,26). The van der Waals surface area contributed by atoms with Gasteiger partial charge >= 0.3 is 0 Å². The van der Waals surface area contributed by atoms with Crippen molar-refractivity contribution in [2.24, 2.45) is 5.10 Å². The van der Waals surface area contributed by atoms with E-state index < -0.39 is 22.5 Å². The van der Waals surface area contributed by atoms with E-state index in [1.165, 1.54) is 35.8 Å². The maximum Gasteiger partial charge on any atom is 0.255 e. The number of hydrogen-bond acceptors (Lipinski definition) is 5. The summed E-state index contributed by atoms with van der Waals surface area (Å²) in [4.78, 5) is 13.1. The molecule has 0 radical (unpaired) electrons. The zero-order valence-electron chi connectivity index (χ0n) is 15.5. The second kappa shape index (κ2) is 10.2. The highest BCUT2D eigenvalue weighted by atomic mass is 35.5. The second-order valence-electron chi connectivity index (χ2n) is 6.14. The first-order chi connectivity index (χ1) is 14.4. The molecule has 1 N–H and O–H groups in total. The van der Waals surface area contributed by atoms with Gasteiger partial charge < -0.3 is 0 Å². The lowest BCUT2D eigenvalue weighted by atomic mass is 10.2. The fourth-order valence-corrected chi connectivity index (χ4v) is 5.26. The summed E-state index contributed by atoms with van der Waals surface area (Å²) in [6.45, 7) is -0.462. The van der Waals surface area contributed by atoms with Gasteiger partial charge in [0.2, 0.25) is 10.0 Å². The number of amides is 1. The minimum atomic E-state index is -4.11. The van der Waals surface area contributed by atoms with Crippen LogP contribution in [0.5, 0.6) is 0 Å². The van der Waals surface area contributed by atoms with Gasteiger partial charge in [-0.05, 0) is 35.2 Å². The molecular formula is C20H17Cl2N3O3S2. The summed E-state index contributed by atoms with van der Waals surface area (Å²) in [7, 11) is -4.11. The van der Waals surface area contributed by atoms with E-state index >= 15 is 0 Å². The molecule has 6 nitrogen and oxygen atoms in total. The van der Waals surface area contributed by atoms with Gasteiger partial charge in [-0.3, -0.25) is 4.79 Å². The summed E-state index contributed by atoms with van der Waals surface area (Å²) >= 11 is 13.6. The number of thiophene rings is 1. The van der Waals surface area contributed by atoms with Crippen LogP contribution in [0, 0.1) is 0 Å². The molecule has 3 rings (SSSR count). The Labute approximate surface area is 188 Å².